The van der Waals surface area contributed by atoms with Gasteiger partial charge in [0.1, 0.15) is 0 Å². The molecule has 11 heavy (non-hydrogen) atoms. The molecule has 0 unspecified atom stereocenters. The lowest BCUT2D eigenvalue weighted by molar-refractivity contribution is 1.01. The molecule has 4 heteroatoms. The first-order valence-corrected chi connectivity index (χ1v) is 4.69. The van der Waals surface area contributed by atoms with E-state index in [9.17, 15) is 0 Å². The van der Waals surface area contributed by atoms with Gasteiger partial charge in [0.2, 0.25) is 6.85 Å². The molecule has 3 N–H and O–H groups in total. The molecule has 2 nitrogen and oxygen atoms in total. The van der Waals surface area contributed by atoms with Crippen LogP contribution in [-0.4, -0.2) is 20.8 Å². The second-order valence-electron chi connectivity index (χ2n) is 2.53. The van der Waals surface area contributed by atoms with Crippen LogP contribution in [0.1, 0.15) is 20.8 Å². The summed E-state index contributed by atoms with van der Waals surface area (Å²) in [7, 11) is 1.09. The van der Waals surface area contributed by atoms with Crippen LogP contribution in [0.3, 0.4) is 0 Å². The van der Waals surface area contributed by atoms with Gasteiger partial charge in [-0.1, -0.05) is 40.2 Å². The second-order valence-corrected chi connectivity index (χ2v) is 2.53. The predicted molar refractivity (Wildman–Crippen MR) is 57.6 cm³/mol. The fourth-order valence-electron chi connectivity index (χ4n) is 0.539. The average Bonchev–Trinajstić information content (AvgIpc) is 2.06. The smallest absolute Gasteiger partial charge is 0.217 e. The van der Waals surface area contributed by atoms with E-state index < -0.39 is 0 Å². The molecule has 0 aliphatic carbocycles. The van der Waals surface area contributed by atoms with Crippen LogP contribution in [0.15, 0.2) is 0 Å². The summed E-state index contributed by atoms with van der Waals surface area (Å²) < 4.78 is 0. The Hall–Kier alpha value is 0.0499. The van der Waals surface area contributed by atoms with E-state index in [2.05, 4.69) is 32.8 Å². The van der Waals surface area contributed by atoms with E-state index in [1.807, 2.05) is 0 Å². The van der Waals surface area contributed by atoms with Crippen molar-refractivity contribution in [3.05, 3.63) is 0 Å². The van der Waals surface area contributed by atoms with Crippen molar-refractivity contribution in [2.45, 2.75) is 40.2 Å². The summed E-state index contributed by atoms with van der Waals surface area (Å²) in [5, 5.41) is 3.11. The summed E-state index contributed by atoms with van der Waals surface area (Å²) in [4.78, 5) is 0. The predicted octanol–water partition coefficient (Wildman–Crippen LogP) is 0.972. The summed E-state index contributed by atoms with van der Waals surface area (Å²) in [6.45, 7) is 9.94. The quantitative estimate of drug-likeness (QED) is 0.595. The molecule has 0 heterocycles. The molecule has 0 aromatic rings. The highest BCUT2D eigenvalue weighted by Gasteiger charge is 1.96. The largest absolute Gasteiger partial charge is 0.370 e. The third-order valence-electron chi connectivity index (χ3n) is 1.55. The standard InChI is InChI=1S/C4H12BN.C3H10BN/c1-3-5(6)4-2;1-3-5-4-2/h3-4,6H2,1-2H3;4-5H,3H2,1-2H3. The molecular formula is C7H22B2N2. The van der Waals surface area contributed by atoms with E-state index >= 15 is 0 Å². The SMILES string of the molecule is CBNCC.CCB(N)CC. The topological polar surface area (TPSA) is 38.0 Å². The molecule has 0 aliphatic rings. The molecule has 0 radical (unpaired) electrons. The summed E-state index contributed by atoms with van der Waals surface area (Å²) in [5.41, 5.74) is 5.47. The van der Waals surface area contributed by atoms with Crippen molar-refractivity contribution in [3.63, 3.8) is 0 Å². The normalized spacial score (nSPS) is 8.09. The number of nitrogens with two attached hydrogens (primary N) is 1. The molecule has 0 fully saturated rings. The lowest BCUT2D eigenvalue weighted by Gasteiger charge is -1.93. The van der Waals surface area contributed by atoms with Crippen LogP contribution in [-0.2, 0) is 0 Å². The molecule has 66 valence electrons. The van der Waals surface area contributed by atoms with Crippen molar-refractivity contribution in [2.24, 2.45) is 5.64 Å². The van der Waals surface area contributed by atoms with Crippen molar-refractivity contribution >= 4 is 14.3 Å². The minimum absolute atomic E-state index is 0.435. The fourth-order valence-corrected chi connectivity index (χ4v) is 0.539. The number of nitrogens with one attached hydrogen (secondary N) is 1. The van der Waals surface area contributed by atoms with Crippen LogP contribution in [0.25, 0.3) is 0 Å². The summed E-state index contributed by atoms with van der Waals surface area (Å²) in [6, 6.07) is 0. The highest BCUT2D eigenvalue weighted by molar-refractivity contribution is 6.54. The van der Waals surface area contributed by atoms with Gasteiger partial charge in [-0.05, 0) is 6.54 Å². The Bertz CT molecular complexity index is 56.4. The molecule has 0 saturated carbocycles. The maximum absolute atomic E-state index is 5.47. The zero-order chi connectivity index (χ0) is 9.11. The monoisotopic (exact) mass is 156 g/mol. The number of hydrogen-bond donors (Lipinski definition) is 2. The molecule has 0 aliphatic heterocycles. The van der Waals surface area contributed by atoms with Crippen molar-refractivity contribution in [1.82, 2.24) is 5.23 Å². The minimum Gasteiger partial charge on any atom is -0.370 e. The van der Waals surface area contributed by atoms with E-state index in [1.165, 1.54) is 0 Å². The zero-order valence-corrected chi connectivity index (χ0v) is 8.48. The van der Waals surface area contributed by atoms with E-state index in [0.717, 1.165) is 26.6 Å². The van der Waals surface area contributed by atoms with Gasteiger partial charge in [0.25, 0.3) is 0 Å². The van der Waals surface area contributed by atoms with Crippen molar-refractivity contribution < 1.29 is 0 Å². The molecule has 0 atom stereocenters. The van der Waals surface area contributed by atoms with Crippen LogP contribution in [0.2, 0.25) is 19.5 Å². The fraction of sp³-hybridized carbons (Fsp3) is 1.00. The molecule has 0 aromatic carbocycles. The van der Waals surface area contributed by atoms with Crippen molar-refractivity contribution in [3.8, 4) is 0 Å². The maximum Gasteiger partial charge on any atom is 0.217 e. The van der Waals surface area contributed by atoms with Gasteiger partial charge < -0.3 is 10.9 Å². The van der Waals surface area contributed by atoms with Crippen LogP contribution < -0.4 is 10.9 Å². The highest BCUT2D eigenvalue weighted by atomic mass is 14.7. The van der Waals surface area contributed by atoms with Gasteiger partial charge >= 0.3 is 0 Å². The van der Waals surface area contributed by atoms with Gasteiger partial charge in [0.05, 0.1) is 0 Å². The van der Waals surface area contributed by atoms with Crippen LogP contribution >= 0.6 is 0 Å². The van der Waals surface area contributed by atoms with Gasteiger partial charge in [0, 0.05) is 0 Å². The van der Waals surface area contributed by atoms with Crippen LogP contribution in [0, 0.1) is 0 Å². The molecule has 0 saturated heterocycles. The third-order valence-corrected chi connectivity index (χ3v) is 1.55. The van der Waals surface area contributed by atoms with E-state index in [4.69, 9.17) is 5.64 Å². The van der Waals surface area contributed by atoms with Crippen molar-refractivity contribution in [1.29, 1.82) is 0 Å². The lowest BCUT2D eigenvalue weighted by atomic mass is 9.59. The molecule has 0 rings (SSSR count). The number of hydrogen-bond acceptors (Lipinski definition) is 2. The Kier molecular flexibility index (Phi) is 15.7. The van der Waals surface area contributed by atoms with Crippen molar-refractivity contribution in [2.75, 3.05) is 6.54 Å². The molecule has 0 spiro atoms. The summed E-state index contributed by atoms with van der Waals surface area (Å²) >= 11 is 0. The average molecular weight is 156 g/mol. The lowest BCUT2D eigenvalue weighted by Crippen LogP contribution is -2.21. The van der Waals surface area contributed by atoms with Gasteiger partial charge in [0.15, 0.2) is 7.41 Å². The Morgan fingerprint density at radius 2 is 1.73 bits per heavy atom. The highest BCUT2D eigenvalue weighted by Crippen LogP contribution is 1.86. The summed E-state index contributed by atoms with van der Waals surface area (Å²) in [6.07, 6.45) is 2.22. The van der Waals surface area contributed by atoms with Gasteiger partial charge in [-0.2, -0.15) is 0 Å². The molecule has 0 amide bonds. The molecule has 0 bridgehead atoms. The maximum atomic E-state index is 5.47. The van der Waals surface area contributed by atoms with Crippen LogP contribution in [0.4, 0.5) is 0 Å². The van der Waals surface area contributed by atoms with E-state index in [1.54, 1.807) is 0 Å². The van der Waals surface area contributed by atoms with Gasteiger partial charge in [-0.25, -0.2) is 0 Å². The Morgan fingerprint density at radius 3 is 1.73 bits per heavy atom. The Balaban J connectivity index is 0. The first-order chi connectivity index (χ1) is 5.22. The van der Waals surface area contributed by atoms with E-state index in [-0.39, 0.29) is 0 Å². The van der Waals surface area contributed by atoms with Crippen LogP contribution in [0.5, 0.6) is 0 Å². The Labute approximate surface area is 72.7 Å². The van der Waals surface area contributed by atoms with Gasteiger partial charge in [-0.3, -0.25) is 0 Å². The van der Waals surface area contributed by atoms with Gasteiger partial charge in [-0.15, -0.1) is 0 Å². The first-order valence-electron chi connectivity index (χ1n) is 4.69. The Morgan fingerprint density at radius 1 is 1.27 bits per heavy atom. The number of rotatable bonds is 4. The first kappa shape index (κ1) is 13.6. The minimum atomic E-state index is 0.435. The van der Waals surface area contributed by atoms with E-state index in [0.29, 0.717) is 6.85 Å². The third kappa shape index (κ3) is 17.8. The summed E-state index contributed by atoms with van der Waals surface area (Å²) in [5.74, 6) is 0. The molecule has 0 aromatic heterocycles. The zero-order valence-electron chi connectivity index (χ0n) is 8.48. The molecular weight excluding hydrogens is 134 g/mol. The second kappa shape index (κ2) is 12.7.